The molecule has 0 amide bonds. The van der Waals surface area contributed by atoms with Gasteiger partial charge in [-0.25, -0.2) is 0 Å². The van der Waals surface area contributed by atoms with Crippen LogP contribution in [0.2, 0.25) is 5.02 Å². The van der Waals surface area contributed by atoms with Crippen molar-refractivity contribution in [3.05, 3.63) is 64.7 Å². The molecular formula is C16H17ClO2. The van der Waals surface area contributed by atoms with Crippen LogP contribution < -0.4 is 4.74 Å². The molecule has 2 aromatic rings. The molecule has 2 rings (SSSR count). The highest BCUT2D eigenvalue weighted by Crippen LogP contribution is 2.27. The summed E-state index contributed by atoms with van der Waals surface area (Å²) < 4.78 is 5.78. The van der Waals surface area contributed by atoms with Gasteiger partial charge in [0.25, 0.3) is 0 Å². The fourth-order valence-electron chi connectivity index (χ4n) is 1.85. The Kier molecular flexibility index (Phi) is 4.83. The summed E-state index contributed by atoms with van der Waals surface area (Å²) in [6.45, 7) is 2.41. The largest absolute Gasteiger partial charge is 0.489 e. The molecule has 0 bridgehead atoms. The van der Waals surface area contributed by atoms with Crippen molar-refractivity contribution in [2.45, 2.75) is 26.1 Å². The molecule has 0 fully saturated rings. The van der Waals surface area contributed by atoms with Gasteiger partial charge >= 0.3 is 0 Å². The van der Waals surface area contributed by atoms with Gasteiger partial charge in [0, 0.05) is 10.6 Å². The molecule has 0 saturated heterocycles. The molecule has 0 heterocycles. The number of hydrogen-bond donors (Lipinski definition) is 1. The van der Waals surface area contributed by atoms with Gasteiger partial charge in [-0.1, -0.05) is 48.9 Å². The zero-order valence-electron chi connectivity index (χ0n) is 10.8. The molecule has 1 atom stereocenters. The van der Waals surface area contributed by atoms with E-state index in [0.29, 0.717) is 18.1 Å². The smallest absolute Gasteiger partial charge is 0.125 e. The van der Waals surface area contributed by atoms with E-state index < -0.39 is 6.10 Å². The molecular weight excluding hydrogens is 260 g/mol. The average Bonchev–Trinajstić information content (AvgIpc) is 2.46. The highest BCUT2D eigenvalue weighted by molar-refractivity contribution is 6.30. The maximum absolute atomic E-state index is 9.95. The normalized spacial score (nSPS) is 12.2. The van der Waals surface area contributed by atoms with Crippen molar-refractivity contribution < 1.29 is 9.84 Å². The lowest BCUT2D eigenvalue weighted by molar-refractivity contribution is 0.166. The molecule has 100 valence electrons. The minimum atomic E-state index is -0.485. The fourth-order valence-corrected chi connectivity index (χ4v) is 1.97. The fraction of sp³-hybridized carbons (Fsp3) is 0.250. The van der Waals surface area contributed by atoms with Crippen LogP contribution in [0.4, 0.5) is 0 Å². The second kappa shape index (κ2) is 6.60. The van der Waals surface area contributed by atoms with E-state index in [1.165, 1.54) is 0 Å². The third kappa shape index (κ3) is 3.72. The highest BCUT2D eigenvalue weighted by atomic mass is 35.5. The van der Waals surface area contributed by atoms with Crippen molar-refractivity contribution in [2.24, 2.45) is 0 Å². The maximum atomic E-state index is 9.95. The molecule has 3 heteroatoms. The highest BCUT2D eigenvalue weighted by Gasteiger charge is 2.10. The van der Waals surface area contributed by atoms with Crippen molar-refractivity contribution in [3.63, 3.8) is 0 Å². The van der Waals surface area contributed by atoms with Crippen molar-refractivity contribution >= 4 is 11.6 Å². The summed E-state index contributed by atoms with van der Waals surface area (Å²) >= 11 is 5.84. The molecule has 0 aliphatic rings. The van der Waals surface area contributed by atoms with Gasteiger partial charge in [0.2, 0.25) is 0 Å². The lowest BCUT2D eigenvalue weighted by atomic mass is 10.1. The number of aliphatic hydroxyl groups excluding tert-OH is 1. The Bertz CT molecular complexity index is 523. The minimum Gasteiger partial charge on any atom is -0.489 e. The average molecular weight is 277 g/mol. The number of rotatable bonds is 5. The van der Waals surface area contributed by atoms with Crippen LogP contribution in [0.15, 0.2) is 48.5 Å². The van der Waals surface area contributed by atoms with E-state index in [9.17, 15) is 5.11 Å². The Morgan fingerprint density at radius 2 is 1.79 bits per heavy atom. The first-order valence-corrected chi connectivity index (χ1v) is 6.72. The third-order valence-electron chi connectivity index (χ3n) is 2.97. The van der Waals surface area contributed by atoms with Gasteiger partial charge < -0.3 is 9.84 Å². The van der Waals surface area contributed by atoms with Crippen LogP contribution in [-0.4, -0.2) is 5.11 Å². The Labute approximate surface area is 118 Å². The lowest BCUT2D eigenvalue weighted by Crippen LogP contribution is -2.02. The standard InChI is InChI=1S/C16H17ClO2/c1-2-15(18)14-5-3-4-6-16(14)19-11-12-7-9-13(17)10-8-12/h3-10,15,18H,2,11H2,1H3. The van der Waals surface area contributed by atoms with Gasteiger partial charge in [0.15, 0.2) is 0 Å². The van der Waals surface area contributed by atoms with Crippen LogP contribution in [0.1, 0.15) is 30.6 Å². The number of benzene rings is 2. The monoisotopic (exact) mass is 276 g/mol. The van der Waals surface area contributed by atoms with E-state index in [1.54, 1.807) is 0 Å². The Morgan fingerprint density at radius 3 is 2.47 bits per heavy atom. The summed E-state index contributed by atoms with van der Waals surface area (Å²) in [5.41, 5.74) is 1.88. The topological polar surface area (TPSA) is 29.5 Å². The molecule has 0 aliphatic carbocycles. The van der Waals surface area contributed by atoms with Crippen molar-refractivity contribution in [2.75, 3.05) is 0 Å². The Balaban J connectivity index is 2.09. The molecule has 0 aromatic heterocycles. The number of hydrogen-bond acceptors (Lipinski definition) is 2. The zero-order chi connectivity index (χ0) is 13.7. The number of ether oxygens (including phenoxy) is 1. The van der Waals surface area contributed by atoms with Gasteiger partial charge in [-0.3, -0.25) is 0 Å². The molecule has 2 nitrogen and oxygen atoms in total. The van der Waals surface area contributed by atoms with Gasteiger partial charge in [-0.05, 0) is 30.2 Å². The summed E-state index contributed by atoms with van der Waals surface area (Å²) in [6.07, 6.45) is 0.183. The van der Waals surface area contributed by atoms with E-state index in [-0.39, 0.29) is 0 Å². The van der Waals surface area contributed by atoms with E-state index in [2.05, 4.69) is 0 Å². The van der Waals surface area contributed by atoms with E-state index in [0.717, 1.165) is 16.9 Å². The summed E-state index contributed by atoms with van der Waals surface area (Å²) in [6, 6.07) is 15.1. The van der Waals surface area contributed by atoms with Crippen LogP contribution in [0, 0.1) is 0 Å². The predicted octanol–water partition coefficient (Wildman–Crippen LogP) is 4.36. The molecule has 0 radical (unpaired) electrons. The second-order valence-electron chi connectivity index (χ2n) is 4.38. The van der Waals surface area contributed by atoms with Crippen molar-refractivity contribution in [1.82, 2.24) is 0 Å². The van der Waals surface area contributed by atoms with Crippen LogP contribution in [-0.2, 0) is 6.61 Å². The second-order valence-corrected chi connectivity index (χ2v) is 4.81. The summed E-state index contributed by atoms with van der Waals surface area (Å²) in [5.74, 6) is 0.729. The van der Waals surface area contributed by atoms with Gasteiger partial charge in [0.05, 0.1) is 6.10 Å². The molecule has 1 unspecified atom stereocenters. The van der Waals surface area contributed by atoms with E-state index in [4.69, 9.17) is 16.3 Å². The molecule has 2 aromatic carbocycles. The van der Waals surface area contributed by atoms with Gasteiger partial charge in [-0.15, -0.1) is 0 Å². The Morgan fingerprint density at radius 1 is 1.11 bits per heavy atom. The molecule has 1 N–H and O–H groups in total. The van der Waals surface area contributed by atoms with Crippen LogP contribution in [0.5, 0.6) is 5.75 Å². The first-order valence-electron chi connectivity index (χ1n) is 6.35. The summed E-state index contributed by atoms with van der Waals surface area (Å²) in [5, 5.41) is 10.7. The lowest BCUT2D eigenvalue weighted by Gasteiger charge is -2.15. The minimum absolute atomic E-state index is 0.463. The predicted molar refractivity (Wildman–Crippen MR) is 77.5 cm³/mol. The number of para-hydroxylation sites is 1. The van der Waals surface area contributed by atoms with Gasteiger partial charge in [-0.2, -0.15) is 0 Å². The first kappa shape index (κ1) is 13.9. The summed E-state index contributed by atoms with van der Waals surface area (Å²) in [4.78, 5) is 0. The Hall–Kier alpha value is -1.51. The molecule has 19 heavy (non-hydrogen) atoms. The third-order valence-corrected chi connectivity index (χ3v) is 3.22. The maximum Gasteiger partial charge on any atom is 0.125 e. The van der Waals surface area contributed by atoms with Crippen LogP contribution in [0.3, 0.4) is 0 Å². The van der Waals surface area contributed by atoms with Crippen LogP contribution >= 0.6 is 11.6 Å². The van der Waals surface area contributed by atoms with E-state index in [1.807, 2.05) is 55.5 Å². The van der Waals surface area contributed by atoms with Gasteiger partial charge in [0.1, 0.15) is 12.4 Å². The molecule has 0 spiro atoms. The quantitative estimate of drug-likeness (QED) is 0.879. The number of aliphatic hydroxyl groups is 1. The van der Waals surface area contributed by atoms with Crippen molar-refractivity contribution in [1.29, 1.82) is 0 Å². The van der Waals surface area contributed by atoms with Crippen molar-refractivity contribution in [3.8, 4) is 5.75 Å². The van der Waals surface area contributed by atoms with E-state index >= 15 is 0 Å². The molecule has 0 saturated carbocycles. The SMILES string of the molecule is CCC(O)c1ccccc1OCc1ccc(Cl)cc1. The number of halogens is 1. The molecule has 0 aliphatic heterocycles. The zero-order valence-corrected chi connectivity index (χ0v) is 11.6. The first-order chi connectivity index (χ1) is 9.20. The summed E-state index contributed by atoms with van der Waals surface area (Å²) in [7, 11) is 0. The van der Waals surface area contributed by atoms with Crippen LogP contribution in [0.25, 0.3) is 0 Å².